The van der Waals surface area contributed by atoms with Gasteiger partial charge < -0.3 is 10.1 Å². The molecule has 2 N–H and O–H groups in total. The van der Waals surface area contributed by atoms with Crippen LogP contribution in [0.2, 0.25) is 5.02 Å². The average molecular weight is 395 g/mol. The molecule has 0 saturated carbocycles. The summed E-state index contributed by atoms with van der Waals surface area (Å²) < 4.78 is 5.73. The van der Waals surface area contributed by atoms with Gasteiger partial charge in [-0.2, -0.15) is 0 Å². The zero-order valence-electron chi connectivity index (χ0n) is 15.2. The van der Waals surface area contributed by atoms with Gasteiger partial charge in [0.1, 0.15) is 12.4 Å². The highest BCUT2D eigenvalue weighted by Crippen LogP contribution is 2.18. The minimum Gasteiger partial charge on any atom is -0.489 e. The van der Waals surface area contributed by atoms with Gasteiger partial charge in [0.25, 0.3) is 5.91 Å². The average Bonchev–Trinajstić information content (AvgIpc) is 2.69. The molecule has 142 valence electrons. The Morgan fingerprint density at radius 2 is 1.61 bits per heavy atom. The van der Waals surface area contributed by atoms with Gasteiger partial charge in [-0.3, -0.25) is 10.1 Å². The number of hydrogen-bond donors (Lipinski definition) is 2. The van der Waals surface area contributed by atoms with Crippen molar-refractivity contribution in [2.45, 2.75) is 13.5 Å². The van der Waals surface area contributed by atoms with Crippen molar-refractivity contribution >= 4 is 29.2 Å². The van der Waals surface area contributed by atoms with E-state index in [0.29, 0.717) is 18.0 Å². The molecule has 0 saturated heterocycles. The summed E-state index contributed by atoms with van der Waals surface area (Å²) in [7, 11) is 0. The van der Waals surface area contributed by atoms with E-state index in [1.54, 1.807) is 48.5 Å². The van der Waals surface area contributed by atoms with E-state index in [1.165, 1.54) is 5.56 Å². The summed E-state index contributed by atoms with van der Waals surface area (Å²) in [6, 6.07) is 20.9. The highest BCUT2D eigenvalue weighted by Gasteiger charge is 2.13. The maximum Gasteiger partial charge on any atom is 0.326 e. The van der Waals surface area contributed by atoms with E-state index < -0.39 is 11.9 Å². The third-order valence-electron chi connectivity index (χ3n) is 3.98. The monoisotopic (exact) mass is 394 g/mol. The van der Waals surface area contributed by atoms with Crippen LogP contribution in [0.4, 0.5) is 10.5 Å². The predicted molar refractivity (Wildman–Crippen MR) is 110 cm³/mol. The summed E-state index contributed by atoms with van der Waals surface area (Å²) in [6.45, 7) is 2.49. The topological polar surface area (TPSA) is 67.4 Å². The fraction of sp³-hybridized carbons (Fsp3) is 0.0909. The van der Waals surface area contributed by atoms with Crippen LogP contribution in [-0.2, 0) is 6.61 Å². The molecule has 0 atom stereocenters. The number of halogens is 1. The molecule has 6 heteroatoms. The summed E-state index contributed by atoms with van der Waals surface area (Å²) in [5.74, 6) is 0.111. The van der Waals surface area contributed by atoms with Gasteiger partial charge in [0.15, 0.2) is 0 Å². The van der Waals surface area contributed by atoms with Crippen LogP contribution < -0.4 is 15.4 Å². The molecule has 3 rings (SSSR count). The number of rotatable bonds is 5. The zero-order valence-corrected chi connectivity index (χ0v) is 16.0. The number of nitrogens with one attached hydrogen (secondary N) is 2. The lowest BCUT2D eigenvalue weighted by Crippen LogP contribution is -2.34. The molecule has 0 heterocycles. The fourth-order valence-electron chi connectivity index (χ4n) is 2.46. The van der Waals surface area contributed by atoms with Crippen molar-refractivity contribution in [2.75, 3.05) is 5.32 Å². The second-order valence-corrected chi connectivity index (χ2v) is 6.59. The molecular weight excluding hydrogens is 376 g/mol. The molecule has 0 aliphatic rings. The van der Waals surface area contributed by atoms with Crippen molar-refractivity contribution in [1.29, 1.82) is 0 Å². The maximum atomic E-state index is 12.1. The molecule has 3 aromatic carbocycles. The highest BCUT2D eigenvalue weighted by molar-refractivity contribution is 6.34. The first-order valence-electron chi connectivity index (χ1n) is 8.66. The Morgan fingerprint density at radius 1 is 0.929 bits per heavy atom. The minimum absolute atomic E-state index is 0.235. The van der Waals surface area contributed by atoms with E-state index in [-0.39, 0.29) is 10.6 Å². The lowest BCUT2D eigenvalue weighted by molar-refractivity contribution is 0.0967. The SMILES string of the molecule is Cc1ccc(COc2ccc(NC(=O)NC(=O)c3ccccc3Cl)cc2)cc1. The van der Waals surface area contributed by atoms with Crippen LogP contribution in [0.15, 0.2) is 72.8 Å². The molecule has 0 spiro atoms. The van der Waals surface area contributed by atoms with Crippen LogP contribution >= 0.6 is 11.6 Å². The van der Waals surface area contributed by atoms with E-state index >= 15 is 0 Å². The number of hydrogen-bond acceptors (Lipinski definition) is 3. The Kier molecular flexibility index (Phi) is 6.29. The first-order chi connectivity index (χ1) is 13.5. The number of imide groups is 1. The Hall–Kier alpha value is -3.31. The summed E-state index contributed by atoms with van der Waals surface area (Å²) in [5, 5.41) is 5.13. The minimum atomic E-state index is -0.641. The number of carbonyl (C=O) groups excluding carboxylic acids is 2. The first kappa shape index (κ1) is 19.5. The van der Waals surface area contributed by atoms with Crippen LogP contribution in [0, 0.1) is 6.92 Å². The van der Waals surface area contributed by atoms with Crippen molar-refractivity contribution in [2.24, 2.45) is 0 Å². The van der Waals surface area contributed by atoms with Crippen LogP contribution in [0.3, 0.4) is 0 Å². The maximum absolute atomic E-state index is 12.1. The number of benzene rings is 3. The zero-order chi connectivity index (χ0) is 19.9. The van der Waals surface area contributed by atoms with Crippen molar-refractivity contribution in [3.05, 3.63) is 94.5 Å². The molecule has 0 radical (unpaired) electrons. The third-order valence-corrected chi connectivity index (χ3v) is 4.31. The normalized spacial score (nSPS) is 10.2. The standard InChI is InChI=1S/C22H19ClN2O3/c1-15-6-8-16(9-7-15)14-28-18-12-10-17(11-13-18)24-22(27)25-21(26)19-4-2-3-5-20(19)23/h2-13H,14H2,1H3,(H2,24,25,26,27). The van der Waals surface area contributed by atoms with Crippen LogP contribution in [0.25, 0.3) is 0 Å². The Labute approximate surface area is 168 Å². The van der Waals surface area contributed by atoms with Gasteiger partial charge in [0, 0.05) is 5.69 Å². The summed E-state index contributed by atoms with van der Waals surface area (Å²) in [4.78, 5) is 24.1. The van der Waals surface area contributed by atoms with Crippen molar-refractivity contribution in [1.82, 2.24) is 5.32 Å². The third kappa shape index (κ3) is 5.34. The molecule has 0 aliphatic heterocycles. The van der Waals surface area contributed by atoms with E-state index in [1.807, 2.05) is 31.2 Å². The van der Waals surface area contributed by atoms with Crippen LogP contribution in [0.1, 0.15) is 21.5 Å². The molecular formula is C22H19ClN2O3. The number of aryl methyl sites for hydroxylation is 1. The van der Waals surface area contributed by atoms with Crippen molar-refractivity contribution in [3.8, 4) is 5.75 Å². The smallest absolute Gasteiger partial charge is 0.326 e. The number of urea groups is 1. The predicted octanol–water partition coefficient (Wildman–Crippen LogP) is 5.19. The summed E-state index contributed by atoms with van der Waals surface area (Å²) >= 11 is 5.96. The quantitative estimate of drug-likeness (QED) is 0.625. The second-order valence-electron chi connectivity index (χ2n) is 6.19. The van der Waals surface area contributed by atoms with Gasteiger partial charge in [0.05, 0.1) is 10.6 Å². The van der Waals surface area contributed by atoms with E-state index in [9.17, 15) is 9.59 Å². The van der Waals surface area contributed by atoms with Crippen LogP contribution in [0.5, 0.6) is 5.75 Å². The number of ether oxygens (including phenoxy) is 1. The van der Waals surface area contributed by atoms with Gasteiger partial charge in [-0.25, -0.2) is 4.79 Å². The molecule has 0 bridgehead atoms. The van der Waals surface area contributed by atoms with E-state index in [2.05, 4.69) is 10.6 Å². The van der Waals surface area contributed by atoms with Crippen molar-refractivity contribution in [3.63, 3.8) is 0 Å². The largest absolute Gasteiger partial charge is 0.489 e. The molecule has 0 aliphatic carbocycles. The molecule has 0 aromatic heterocycles. The molecule has 0 fully saturated rings. The molecule has 5 nitrogen and oxygen atoms in total. The number of amides is 3. The molecule has 0 unspecified atom stereocenters. The van der Waals surface area contributed by atoms with Gasteiger partial charge in [-0.15, -0.1) is 0 Å². The summed E-state index contributed by atoms with van der Waals surface area (Å²) in [6.07, 6.45) is 0. The molecule has 3 aromatic rings. The first-order valence-corrected chi connectivity index (χ1v) is 9.04. The van der Waals surface area contributed by atoms with Gasteiger partial charge in [0.2, 0.25) is 0 Å². The Balaban J connectivity index is 1.52. The van der Waals surface area contributed by atoms with Gasteiger partial charge in [-0.1, -0.05) is 53.6 Å². The number of carbonyl (C=O) groups is 2. The Morgan fingerprint density at radius 3 is 2.29 bits per heavy atom. The molecule has 3 amide bonds. The Bertz CT molecular complexity index is 970. The summed E-state index contributed by atoms with van der Waals surface area (Å²) in [5.41, 5.74) is 3.04. The second kappa shape index (κ2) is 9.06. The van der Waals surface area contributed by atoms with Crippen molar-refractivity contribution < 1.29 is 14.3 Å². The highest BCUT2D eigenvalue weighted by atomic mass is 35.5. The van der Waals surface area contributed by atoms with Gasteiger partial charge >= 0.3 is 6.03 Å². The lowest BCUT2D eigenvalue weighted by atomic mass is 10.2. The van der Waals surface area contributed by atoms with Gasteiger partial charge in [-0.05, 0) is 48.9 Å². The lowest BCUT2D eigenvalue weighted by Gasteiger charge is -2.09. The number of anilines is 1. The fourth-order valence-corrected chi connectivity index (χ4v) is 2.69. The van der Waals surface area contributed by atoms with E-state index in [4.69, 9.17) is 16.3 Å². The molecule has 28 heavy (non-hydrogen) atoms. The van der Waals surface area contributed by atoms with E-state index in [0.717, 1.165) is 5.56 Å². The van der Waals surface area contributed by atoms with Crippen LogP contribution in [-0.4, -0.2) is 11.9 Å².